The van der Waals surface area contributed by atoms with Gasteiger partial charge in [0.1, 0.15) is 12.3 Å². The maximum absolute atomic E-state index is 13.1. The second-order valence-corrected chi connectivity index (χ2v) is 8.19. The first-order chi connectivity index (χ1) is 15.0. The minimum absolute atomic E-state index is 0.0737. The Bertz CT molecular complexity index is 1120. The first-order valence-corrected chi connectivity index (χ1v) is 11.0. The van der Waals surface area contributed by atoms with E-state index >= 15 is 0 Å². The second kappa shape index (κ2) is 10.4. The molecule has 0 saturated carbocycles. The zero-order chi connectivity index (χ0) is 22.1. The molecule has 0 saturated heterocycles. The first-order valence-electron chi connectivity index (χ1n) is 9.53. The highest BCUT2D eigenvalue weighted by Gasteiger charge is 2.27. The van der Waals surface area contributed by atoms with E-state index in [1.54, 1.807) is 54.6 Å². The third-order valence-corrected chi connectivity index (χ3v) is 5.93. The molecule has 9 heteroatoms. The molecule has 3 rings (SSSR count). The van der Waals surface area contributed by atoms with Crippen molar-refractivity contribution in [1.82, 2.24) is 10.4 Å². The highest BCUT2D eigenvalue weighted by molar-refractivity contribution is 7.92. The van der Waals surface area contributed by atoms with Crippen molar-refractivity contribution in [3.8, 4) is 5.75 Å². The van der Waals surface area contributed by atoms with Gasteiger partial charge in [0.15, 0.2) is 0 Å². The zero-order valence-electron chi connectivity index (χ0n) is 16.9. The Morgan fingerprint density at radius 1 is 1.10 bits per heavy atom. The van der Waals surface area contributed by atoms with Crippen LogP contribution in [-0.2, 0) is 14.8 Å². The number of rotatable bonds is 9. The van der Waals surface area contributed by atoms with Crippen molar-refractivity contribution in [2.45, 2.75) is 11.8 Å². The fourth-order valence-electron chi connectivity index (χ4n) is 2.70. The number of hydrogen-bond acceptors (Lipinski definition) is 6. The van der Waals surface area contributed by atoms with E-state index in [-0.39, 0.29) is 10.6 Å². The van der Waals surface area contributed by atoms with Gasteiger partial charge in [0, 0.05) is 6.20 Å². The molecule has 0 bridgehead atoms. The SMILES string of the molecule is CCOc1ccc(/C=N\NC(=O)CN(c2cccnc2)S(=O)(=O)c2ccccc2)cc1. The molecule has 0 aliphatic rings. The Hall–Kier alpha value is -3.72. The van der Waals surface area contributed by atoms with Gasteiger partial charge >= 0.3 is 0 Å². The highest BCUT2D eigenvalue weighted by atomic mass is 32.2. The van der Waals surface area contributed by atoms with Gasteiger partial charge in [0.25, 0.3) is 15.9 Å². The number of anilines is 1. The summed E-state index contributed by atoms with van der Waals surface area (Å²) in [4.78, 5) is 16.5. The minimum atomic E-state index is -3.97. The fraction of sp³-hybridized carbons (Fsp3) is 0.136. The maximum Gasteiger partial charge on any atom is 0.264 e. The summed E-state index contributed by atoms with van der Waals surface area (Å²) in [5.74, 6) is 0.146. The van der Waals surface area contributed by atoms with E-state index in [0.29, 0.717) is 6.61 Å². The topological polar surface area (TPSA) is 101 Å². The van der Waals surface area contributed by atoms with Gasteiger partial charge in [-0.1, -0.05) is 18.2 Å². The number of benzene rings is 2. The molecule has 0 atom stereocenters. The van der Waals surface area contributed by atoms with Crippen LogP contribution >= 0.6 is 0 Å². The van der Waals surface area contributed by atoms with Crippen LogP contribution in [0.1, 0.15) is 12.5 Å². The molecule has 2 aromatic carbocycles. The van der Waals surface area contributed by atoms with Crippen molar-refractivity contribution in [3.63, 3.8) is 0 Å². The van der Waals surface area contributed by atoms with Crippen LogP contribution in [0.15, 0.2) is 89.1 Å². The highest BCUT2D eigenvalue weighted by Crippen LogP contribution is 2.22. The lowest BCUT2D eigenvalue weighted by Gasteiger charge is -2.23. The van der Waals surface area contributed by atoms with E-state index in [1.165, 1.54) is 30.7 Å². The largest absolute Gasteiger partial charge is 0.494 e. The van der Waals surface area contributed by atoms with Crippen molar-refractivity contribution >= 4 is 27.8 Å². The molecular formula is C22H22N4O4S. The van der Waals surface area contributed by atoms with Crippen LogP contribution < -0.4 is 14.5 Å². The maximum atomic E-state index is 13.1. The molecule has 0 unspecified atom stereocenters. The summed E-state index contributed by atoms with van der Waals surface area (Å²) in [6.07, 6.45) is 4.38. The van der Waals surface area contributed by atoms with Crippen LogP contribution in [-0.4, -0.2) is 38.7 Å². The summed E-state index contributed by atoms with van der Waals surface area (Å²) < 4.78 is 32.6. The summed E-state index contributed by atoms with van der Waals surface area (Å²) in [6, 6.07) is 18.3. The molecule has 1 heterocycles. The van der Waals surface area contributed by atoms with Crippen molar-refractivity contribution in [1.29, 1.82) is 0 Å². The smallest absolute Gasteiger partial charge is 0.264 e. The van der Waals surface area contributed by atoms with Crippen LogP contribution in [0.2, 0.25) is 0 Å². The van der Waals surface area contributed by atoms with E-state index in [1.807, 2.05) is 6.92 Å². The summed E-state index contributed by atoms with van der Waals surface area (Å²) in [5, 5.41) is 3.92. The molecule has 160 valence electrons. The summed E-state index contributed by atoms with van der Waals surface area (Å²) in [6.45, 7) is 2.02. The Labute approximate surface area is 181 Å². The number of hydrogen-bond donors (Lipinski definition) is 1. The average Bonchev–Trinajstić information content (AvgIpc) is 2.80. The fourth-order valence-corrected chi connectivity index (χ4v) is 4.13. The lowest BCUT2D eigenvalue weighted by atomic mass is 10.2. The van der Waals surface area contributed by atoms with Gasteiger partial charge in [-0.05, 0) is 61.0 Å². The first kappa shape index (κ1) is 22.0. The van der Waals surface area contributed by atoms with E-state index in [2.05, 4.69) is 15.5 Å². The van der Waals surface area contributed by atoms with Gasteiger partial charge in [-0.15, -0.1) is 0 Å². The van der Waals surface area contributed by atoms with Gasteiger partial charge in [-0.2, -0.15) is 5.10 Å². The molecular weight excluding hydrogens is 416 g/mol. The van der Waals surface area contributed by atoms with Crippen LogP contribution in [0.4, 0.5) is 5.69 Å². The predicted octanol–water partition coefficient (Wildman–Crippen LogP) is 2.83. The third kappa shape index (κ3) is 5.89. The van der Waals surface area contributed by atoms with E-state index in [9.17, 15) is 13.2 Å². The number of sulfonamides is 1. The number of nitrogens with zero attached hydrogens (tertiary/aromatic N) is 3. The quantitative estimate of drug-likeness (QED) is 0.409. The standard InChI is InChI=1S/C22H22N4O4S/c1-2-30-20-12-10-18(11-13-20)15-24-25-22(27)17-26(19-7-6-14-23-16-19)31(28,29)21-8-4-3-5-9-21/h3-16H,2,17H2,1H3,(H,25,27)/b24-15-. The van der Waals surface area contributed by atoms with Crippen LogP contribution in [0, 0.1) is 0 Å². The molecule has 1 aromatic heterocycles. The summed E-state index contributed by atoms with van der Waals surface area (Å²) in [7, 11) is -3.97. The monoisotopic (exact) mass is 438 g/mol. The van der Waals surface area contributed by atoms with Crippen molar-refractivity contribution < 1.29 is 17.9 Å². The molecule has 1 N–H and O–H groups in total. The number of nitrogens with one attached hydrogen (secondary N) is 1. The zero-order valence-corrected chi connectivity index (χ0v) is 17.7. The molecule has 0 aliphatic heterocycles. The Morgan fingerprint density at radius 3 is 2.48 bits per heavy atom. The van der Waals surface area contributed by atoms with Crippen LogP contribution in [0.5, 0.6) is 5.75 Å². The number of carbonyl (C=O) groups excluding carboxylic acids is 1. The number of ether oxygens (including phenoxy) is 1. The molecule has 0 aliphatic carbocycles. The molecule has 0 fully saturated rings. The second-order valence-electron chi connectivity index (χ2n) is 6.33. The van der Waals surface area contributed by atoms with Crippen molar-refractivity contribution in [2.24, 2.45) is 5.10 Å². The Kier molecular flexibility index (Phi) is 7.34. The van der Waals surface area contributed by atoms with E-state index in [0.717, 1.165) is 15.6 Å². The average molecular weight is 439 g/mol. The number of amides is 1. The van der Waals surface area contributed by atoms with E-state index < -0.39 is 22.5 Å². The lowest BCUT2D eigenvalue weighted by molar-refractivity contribution is -0.119. The van der Waals surface area contributed by atoms with Gasteiger partial charge in [-0.3, -0.25) is 14.1 Å². The van der Waals surface area contributed by atoms with Crippen LogP contribution in [0.25, 0.3) is 0 Å². The van der Waals surface area contributed by atoms with Crippen molar-refractivity contribution in [2.75, 3.05) is 17.5 Å². The normalized spacial score (nSPS) is 11.3. The molecule has 3 aromatic rings. The Morgan fingerprint density at radius 2 is 1.84 bits per heavy atom. The summed E-state index contributed by atoms with van der Waals surface area (Å²) in [5.41, 5.74) is 3.40. The third-order valence-electron chi connectivity index (χ3n) is 4.15. The Balaban J connectivity index is 1.73. The molecule has 0 spiro atoms. The predicted molar refractivity (Wildman–Crippen MR) is 119 cm³/mol. The lowest BCUT2D eigenvalue weighted by Crippen LogP contribution is -2.39. The summed E-state index contributed by atoms with van der Waals surface area (Å²) >= 11 is 0. The van der Waals surface area contributed by atoms with Gasteiger partial charge < -0.3 is 4.74 Å². The van der Waals surface area contributed by atoms with E-state index in [4.69, 9.17) is 4.74 Å². The van der Waals surface area contributed by atoms with Gasteiger partial charge in [0.2, 0.25) is 0 Å². The van der Waals surface area contributed by atoms with Crippen molar-refractivity contribution in [3.05, 3.63) is 84.7 Å². The van der Waals surface area contributed by atoms with Crippen LogP contribution in [0.3, 0.4) is 0 Å². The number of aromatic nitrogens is 1. The number of carbonyl (C=O) groups is 1. The molecule has 0 radical (unpaired) electrons. The molecule has 31 heavy (non-hydrogen) atoms. The van der Waals surface area contributed by atoms with Gasteiger partial charge in [0.05, 0.1) is 29.6 Å². The number of pyridine rings is 1. The van der Waals surface area contributed by atoms with Gasteiger partial charge in [-0.25, -0.2) is 13.8 Å². The minimum Gasteiger partial charge on any atom is -0.494 e. The molecule has 1 amide bonds. The molecule has 8 nitrogen and oxygen atoms in total. The number of hydrazone groups is 1.